The van der Waals surface area contributed by atoms with Crippen LogP contribution in [0.25, 0.3) is 11.3 Å². The molecular weight excluding hydrogens is 429 g/mol. The van der Waals surface area contributed by atoms with Crippen molar-refractivity contribution >= 4 is 17.7 Å². The second-order valence-corrected chi connectivity index (χ2v) is 8.31. The molecule has 0 unspecified atom stereocenters. The van der Waals surface area contributed by atoms with Gasteiger partial charge >= 0.3 is 0 Å². The van der Waals surface area contributed by atoms with Gasteiger partial charge in [-0.2, -0.15) is 0 Å². The zero-order chi connectivity index (χ0) is 21.8. The number of ether oxygens (including phenoxy) is 1. The smallest absolute Gasteiger partial charge is 0.228 e. The lowest BCUT2D eigenvalue weighted by Gasteiger charge is -2.28. The van der Waals surface area contributed by atoms with Gasteiger partial charge in [0.05, 0.1) is 31.7 Å². The summed E-state index contributed by atoms with van der Waals surface area (Å²) in [6.07, 6.45) is 1.66. The molecule has 4 aromatic rings. The summed E-state index contributed by atoms with van der Waals surface area (Å²) in [5.41, 5.74) is 1.97. The number of nitrogens with zero attached hydrogens (tertiary/aromatic N) is 5. The minimum atomic E-state index is -0.280. The van der Waals surface area contributed by atoms with Crippen LogP contribution < -0.4 is 4.90 Å². The van der Waals surface area contributed by atoms with Crippen LogP contribution in [0.1, 0.15) is 11.5 Å². The first-order valence-corrected chi connectivity index (χ1v) is 11.4. The summed E-state index contributed by atoms with van der Waals surface area (Å²) in [6.45, 7) is 3.62. The lowest BCUT2D eigenvalue weighted by Crippen LogP contribution is -2.38. The number of hydrogen-bond acceptors (Lipinski definition) is 7. The normalized spacial score (nSPS) is 14.1. The minimum Gasteiger partial charge on any atom is -0.440 e. The number of oxazole rings is 1. The Balaban J connectivity index is 1.35. The molecule has 9 heteroatoms. The highest BCUT2D eigenvalue weighted by atomic mass is 32.2. The molecule has 0 radical (unpaired) electrons. The number of morpholine rings is 1. The van der Waals surface area contributed by atoms with E-state index in [1.807, 2.05) is 18.2 Å². The molecule has 1 aliphatic heterocycles. The van der Waals surface area contributed by atoms with E-state index in [-0.39, 0.29) is 5.82 Å². The second kappa shape index (κ2) is 9.54. The summed E-state index contributed by atoms with van der Waals surface area (Å²) in [4.78, 5) is 6.58. The maximum Gasteiger partial charge on any atom is 0.228 e. The van der Waals surface area contributed by atoms with Crippen LogP contribution in [0.15, 0.2) is 70.4 Å². The molecule has 7 nitrogen and oxygen atoms in total. The van der Waals surface area contributed by atoms with E-state index in [4.69, 9.17) is 9.15 Å². The van der Waals surface area contributed by atoms with Gasteiger partial charge in [0.15, 0.2) is 10.9 Å². The van der Waals surface area contributed by atoms with Crippen LogP contribution in [0.3, 0.4) is 0 Å². The van der Waals surface area contributed by atoms with Gasteiger partial charge in [-0.15, -0.1) is 10.2 Å². The van der Waals surface area contributed by atoms with Gasteiger partial charge in [0.2, 0.25) is 11.8 Å². The molecule has 0 spiro atoms. The third-order valence-electron chi connectivity index (χ3n) is 5.18. The van der Waals surface area contributed by atoms with Crippen molar-refractivity contribution in [3.05, 3.63) is 78.1 Å². The Bertz CT molecular complexity index is 1160. The zero-order valence-electron chi connectivity index (χ0n) is 17.4. The third-order valence-corrected chi connectivity index (χ3v) is 6.13. The summed E-state index contributed by atoms with van der Waals surface area (Å²) in [6, 6.07) is 16.4. The predicted octanol–water partition coefficient (Wildman–Crippen LogP) is 4.25. The fourth-order valence-electron chi connectivity index (χ4n) is 3.54. The molecule has 0 aliphatic carbocycles. The van der Waals surface area contributed by atoms with Crippen molar-refractivity contribution in [2.45, 2.75) is 17.5 Å². The van der Waals surface area contributed by atoms with Gasteiger partial charge in [-0.3, -0.25) is 4.57 Å². The van der Waals surface area contributed by atoms with Gasteiger partial charge < -0.3 is 14.1 Å². The lowest BCUT2D eigenvalue weighted by molar-refractivity contribution is 0.121. The number of thioether (sulfide) groups is 1. The van der Waals surface area contributed by atoms with Gasteiger partial charge in [-0.25, -0.2) is 9.37 Å². The average Bonchev–Trinajstić information content (AvgIpc) is 3.47. The SMILES string of the molecule is Fc1ccc(-c2cnc(CSc3nnc(N4CCOCC4)n3Cc3ccccc3)o2)cc1. The molecule has 1 saturated heterocycles. The fraction of sp³-hybridized carbons (Fsp3) is 0.261. The lowest BCUT2D eigenvalue weighted by atomic mass is 10.2. The van der Waals surface area contributed by atoms with E-state index >= 15 is 0 Å². The van der Waals surface area contributed by atoms with Gasteiger partial charge in [-0.1, -0.05) is 42.1 Å². The highest BCUT2D eigenvalue weighted by molar-refractivity contribution is 7.98. The topological polar surface area (TPSA) is 69.2 Å². The summed E-state index contributed by atoms with van der Waals surface area (Å²) in [5, 5.41) is 9.75. The molecule has 1 aliphatic rings. The van der Waals surface area contributed by atoms with E-state index in [9.17, 15) is 4.39 Å². The van der Waals surface area contributed by atoms with Crippen LogP contribution >= 0.6 is 11.8 Å². The monoisotopic (exact) mass is 451 g/mol. The Kier molecular flexibility index (Phi) is 6.17. The zero-order valence-corrected chi connectivity index (χ0v) is 18.2. The van der Waals surface area contributed by atoms with Crippen LogP contribution in [0.2, 0.25) is 0 Å². The standard InChI is InChI=1S/C23H22FN5O2S/c24-19-8-6-18(7-9-19)20-14-25-21(31-20)16-32-23-27-26-22(28-10-12-30-13-11-28)29(23)15-17-4-2-1-3-5-17/h1-9,14H,10-13,15-16H2. The molecule has 3 heterocycles. The maximum atomic E-state index is 13.2. The molecule has 2 aromatic heterocycles. The molecule has 0 saturated carbocycles. The van der Waals surface area contributed by atoms with Crippen LogP contribution in [-0.4, -0.2) is 46.1 Å². The van der Waals surface area contributed by atoms with E-state index in [2.05, 4.69) is 36.8 Å². The fourth-order valence-corrected chi connectivity index (χ4v) is 4.33. The van der Waals surface area contributed by atoms with Crippen LogP contribution in [0, 0.1) is 5.82 Å². The highest BCUT2D eigenvalue weighted by Gasteiger charge is 2.21. The first kappa shape index (κ1) is 20.7. The van der Waals surface area contributed by atoms with Crippen molar-refractivity contribution in [3.63, 3.8) is 0 Å². The number of benzene rings is 2. The van der Waals surface area contributed by atoms with Crippen molar-refractivity contribution in [1.82, 2.24) is 19.7 Å². The van der Waals surface area contributed by atoms with Crippen molar-refractivity contribution in [1.29, 1.82) is 0 Å². The van der Waals surface area contributed by atoms with Gasteiger partial charge in [-0.05, 0) is 29.8 Å². The molecular formula is C23H22FN5O2S. The van der Waals surface area contributed by atoms with Crippen LogP contribution in [-0.2, 0) is 17.0 Å². The van der Waals surface area contributed by atoms with Crippen molar-refractivity contribution in [2.24, 2.45) is 0 Å². The summed E-state index contributed by atoms with van der Waals surface area (Å²) >= 11 is 1.53. The minimum absolute atomic E-state index is 0.280. The molecule has 0 bridgehead atoms. The van der Waals surface area contributed by atoms with E-state index in [0.717, 1.165) is 29.8 Å². The Morgan fingerprint density at radius 1 is 0.969 bits per heavy atom. The Morgan fingerprint density at radius 3 is 2.53 bits per heavy atom. The summed E-state index contributed by atoms with van der Waals surface area (Å²) in [7, 11) is 0. The van der Waals surface area contributed by atoms with Crippen LogP contribution in [0.5, 0.6) is 0 Å². The summed E-state index contributed by atoms with van der Waals surface area (Å²) < 4.78 is 26.7. The van der Waals surface area contributed by atoms with Gasteiger partial charge in [0, 0.05) is 18.7 Å². The average molecular weight is 452 g/mol. The van der Waals surface area contributed by atoms with Gasteiger partial charge in [0.25, 0.3) is 0 Å². The van der Waals surface area contributed by atoms with E-state index in [1.165, 1.54) is 29.5 Å². The molecule has 32 heavy (non-hydrogen) atoms. The van der Waals surface area contributed by atoms with E-state index < -0.39 is 0 Å². The molecule has 2 aromatic carbocycles. The third kappa shape index (κ3) is 4.68. The molecule has 0 atom stereocenters. The molecule has 164 valence electrons. The van der Waals surface area contributed by atoms with Gasteiger partial charge in [0.1, 0.15) is 5.82 Å². The second-order valence-electron chi connectivity index (χ2n) is 7.37. The molecule has 0 N–H and O–H groups in total. The Morgan fingerprint density at radius 2 is 1.75 bits per heavy atom. The Hall–Kier alpha value is -3.17. The number of halogens is 1. The Labute approximate surface area is 189 Å². The molecule has 1 fully saturated rings. The van der Waals surface area contributed by atoms with E-state index in [1.54, 1.807) is 18.3 Å². The summed E-state index contributed by atoms with van der Waals surface area (Å²) in [5.74, 6) is 2.27. The maximum absolute atomic E-state index is 13.2. The van der Waals surface area contributed by atoms with Crippen LogP contribution in [0.4, 0.5) is 10.3 Å². The predicted molar refractivity (Wildman–Crippen MR) is 120 cm³/mol. The van der Waals surface area contributed by atoms with Crippen molar-refractivity contribution in [3.8, 4) is 11.3 Å². The largest absolute Gasteiger partial charge is 0.440 e. The molecule has 0 amide bonds. The number of rotatable bonds is 7. The highest BCUT2D eigenvalue weighted by Crippen LogP contribution is 2.28. The first-order chi connectivity index (χ1) is 15.8. The molecule has 5 rings (SSSR count). The number of aromatic nitrogens is 4. The first-order valence-electron chi connectivity index (χ1n) is 10.4. The number of anilines is 1. The number of hydrogen-bond donors (Lipinski definition) is 0. The van der Waals surface area contributed by atoms with Crippen molar-refractivity contribution < 1.29 is 13.5 Å². The van der Waals surface area contributed by atoms with E-state index in [0.29, 0.717) is 37.2 Å². The quantitative estimate of drug-likeness (QED) is 0.389. The van der Waals surface area contributed by atoms with Crippen molar-refractivity contribution in [2.75, 3.05) is 31.2 Å².